The molecule has 32 heavy (non-hydrogen) atoms. The van der Waals surface area contributed by atoms with Crippen LogP contribution in [-0.4, -0.2) is 89.5 Å². The van der Waals surface area contributed by atoms with Crippen LogP contribution in [0.3, 0.4) is 0 Å². The van der Waals surface area contributed by atoms with Gasteiger partial charge in [0.25, 0.3) is 0 Å². The molecule has 8 N–H and O–H groups in total. The van der Waals surface area contributed by atoms with Gasteiger partial charge in [-0.05, 0) is 0 Å². The third-order valence-electron chi connectivity index (χ3n) is 5.03. The van der Waals surface area contributed by atoms with Crippen molar-refractivity contribution in [3.05, 3.63) is 25.2 Å². The number of nitrogen functional groups attached to an aromatic ring is 2. The molecular weight excluding hydrogens is 424 g/mol. The first-order chi connectivity index (χ1) is 15.5. The molecule has 6 rings (SSSR count). The molecule has 1 saturated heterocycles. The second-order valence-electron chi connectivity index (χ2n) is 6.91. The smallest absolute Gasteiger partial charge is 0.225 e. The summed E-state index contributed by atoms with van der Waals surface area (Å²) in [6.07, 6.45) is 1.65. The van der Waals surface area contributed by atoms with Crippen LogP contribution in [0.25, 0.3) is 27.8 Å². The van der Waals surface area contributed by atoms with E-state index < -0.39 is 31.1 Å². The maximum absolute atomic E-state index is 9.95. The molecule has 0 aliphatic carbocycles. The summed E-state index contributed by atoms with van der Waals surface area (Å²) < 4.78 is 8.32. The van der Waals surface area contributed by atoms with Crippen LogP contribution < -0.4 is 11.5 Å². The first-order valence-electron chi connectivity index (χ1n) is 9.33. The number of nitrogens with zero attached hydrogens (tertiary/aromatic N) is 9. The fraction of sp³-hybridized carbons (Fsp3) is 0.312. The van der Waals surface area contributed by atoms with Gasteiger partial charge in [-0.1, -0.05) is 0 Å². The zero-order chi connectivity index (χ0) is 22.4. The molecule has 16 heteroatoms. The van der Waals surface area contributed by atoms with Crippen molar-refractivity contribution in [1.29, 1.82) is 0 Å². The molecule has 5 aromatic rings. The van der Waals surface area contributed by atoms with Crippen molar-refractivity contribution in [3.63, 3.8) is 0 Å². The third kappa shape index (κ3) is 3.05. The number of aliphatic hydroxyl groups excluding tert-OH is 3. The predicted molar refractivity (Wildman–Crippen MR) is 108 cm³/mol. The minimum Gasteiger partial charge on any atom is -0.394 e. The molecule has 0 unspecified atom stereocenters. The van der Waals surface area contributed by atoms with E-state index in [1.807, 2.05) is 0 Å². The Hall–Kier alpha value is -3.99. The first-order valence-corrected chi connectivity index (χ1v) is 9.33. The molecular formula is C16H18N12O4. The quantitative estimate of drug-likeness (QED) is 0.167. The number of H-pyrrole nitrogens is 1. The number of aromatic amines is 1. The molecule has 1 aliphatic rings. The molecule has 0 saturated carbocycles. The summed E-state index contributed by atoms with van der Waals surface area (Å²) in [6, 6.07) is 0. The summed E-state index contributed by atoms with van der Waals surface area (Å²) in [5.74, 6) is 0.514. The highest BCUT2D eigenvalue weighted by atomic mass is 16.6. The first kappa shape index (κ1) is 19.9. The number of rotatable bonds is 2. The largest absolute Gasteiger partial charge is 0.394 e. The highest BCUT2D eigenvalue weighted by Crippen LogP contribution is 2.31. The van der Waals surface area contributed by atoms with Gasteiger partial charge < -0.3 is 31.5 Å². The van der Waals surface area contributed by atoms with E-state index >= 15 is 0 Å². The van der Waals surface area contributed by atoms with E-state index in [4.69, 9.17) is 21.3 Å². The van der Waals surface area contributed by atoms with Gasteiger partial charge >= 0.3 is 0 Å². The standard InChI is InChI=1S/C10H13N5O4.C6H5N7/c11-8-5-9(13-2-12-8)15(3-14-5)10-7(18)6(17)4(1-16)19-10;7-6-11-4-3(1-9-12-4)5-8-2-10-13(5)6/h2-4,6-7,10,16-18H,1H2,(H2,11,12,13);1-2H,(H3,7,9,11,12)/t4-,6-,7-,10-;/m1./s1. The summed E-state index contributed by atoms with van der Waals surface area (Å²) in [7, 11) is 0. The number of anilines is 2. The van der Waals surface area contributed by atoms with Gasteiger partial charge in [-0.3, -0.25) is 9.67 Å². The Labute approximate surface area is 177 Å². The van der Waals surface area contributed by atoms with Gasteiger partial charge in [-0.25, -0.2) is 19.9 Å². The van der Waals surface area contributed by atoms with Crippen LogP contribution >= 0.6 is 0 Å². The number of imidazole rings is 1. The van der Waals surface area contributed by atoms with Gasteiger partial charge in [-0.2, -0.15) is 19.7 Å². The number of hydrogen-bond donors (Lipinski definition) is 6. The molecule has 1 aliphatic heterocycles. The van der Waals surface area contributed by atoms with Crippen LogP contribution in [0, 0.1) is 0 Å². The average molecular weight is 442 g/mol. The van der Waals surface area contributed by atoms with Crippen molar-refractivity contribution in [2.75, 3.05) is 18.1 Å². The van der Waals surface area contributed by atoms with Crippen molar-refractivity contribution >= 4 is 39.6 Å². The highest BCUT2D eigenvalue weighted by molar-refractivity contribution is 5.89. The van der Waals surface area contributed by atoms with E-state index in [9.17, 15) is 10.2 Å². The maximum atomic E-state index is 9.95. The number of nitrogens with one attached hydrogen (secondary N) is 1. The molecule has 6 heterocycles. The van der Waals surface area contributed by atoms with E-state index in [0.29, 0.717) is 28.4 Å². The van der Waals surface area contributed by atoms with Crippen LogP contribution in [0.2, 0.25) is 0 Å². The number of aromatic nitrogens is 10. The van der Waals surface area contributed by atoms with Crippen molar-refractivity contribution < 1.29 is 20.1 Å². The Morgan fingerprint density at radius 3 is 2.66 bits per heavy atom. The Balaban J connectivity index is 0.000000144. The number of ether oxygens (including phenoxy) is 1. The fourth-order valence-electron chi connectivity index (χ4n) is 3.45. The van der Waals surface area contributed by atoms with Crippen molar-refractivity contribution in [2.24, 2.45) is 0 Å². The zero-order valence-electron chi connectivity index (χ0n) is 16.3. The lowest BCUT2D eigenvalue weighted by atomic mass is 10.1. The Morgan fingerprint density at radius 2 is 1.88 bits per heavy atom. The molecule has 4 atom stereocenters. The Morgan fingerprint density at radius 1 is 1.06 bits per heavy atom. The van der Waals surface area contributed by atoms with Gasteiger partial charge in [0.05, 0.1) is 24.5 Å². The van der Waals surface area contributed by atoms with Gasteiger partial charge in [0, 0.05) is 0 Å². The summed E-state index contributed by atoms with van der Waals surface area (Å²) in [5, 5.41) is 40.0. The number of hydrogen-bond acceptors (Lipinski definition) is 13. The molecule has 0 aromatic carbocycles. The number of aliphatic hydroxyl groups is 3. The van der Waals surface area contributed by atoms with E-state index in [2.05, 4.69) is 40.2 Å². The molecule has 16 nitrogen and oxygen atoms in total. The minimum absolute atomic E-state index is 0.218. The monoisotopic (exact) mass is 442 g/mol. The lowest BCUT2D eigenvalue weighted by Gasteiger charge is -2.16. The summed E-state index contributed by atoms with van der Waals surface area (Å²) >= 11 is 0. The van der Waals surface area contributed by atoms with E-state index in [1.165, 1.54) is 28.1 Å². The van der Waals surface area contributed by atoms with Crippen molar-refractivity contribution in [3.8, 4) is 0 Å². The van der Waals surface area contributed by atoms with Gasteiger partial charge in [0.2, 0.25) is 5.95 Å². The molecule has 5 aromatic heterocycles. The zero-order valence-corrected chi connectivity index (χ0v) is 16.3. The SMILES string of the molecule is Nc1nc2[nH]ncc2c2ncnn12.Nc1ncnc2c1ncn2[C@@H]1O[C@H](CO)[C@@H](O)[C@H]1O. The average Bonchev–Trinajstić information content (AvgIpc) is 3.56. The fourth-order valence-corrected chi connectivity index (χ4v) is 3.45. The number of fused-ring (bicyclic) bond motifs is 4. The highest BCUT2D eigenvalue weighted by Gasteiger charge is 2.43. The number of nitrogens with two attached hydrogens (primary N) is 2. The van der Waals surface area contributed by atoms with Crippen molar-refractivity contribution in [1.82, 2.24) is 49.3 Å². The Kier molecular flexibility index (Phi) is 4.74. The minimum atomic E-state index is -1.19. The van der Waals surface area contributed by atoms with Gasteiger partial charge in [0.15, 0.2) is 29.0 Å². The molecule has 166 valence electrons. The molecule has 0 radical (unpaired) electrons. The van der Waals surface area contributed by atoms with Crippen LogP contribution in [0.4, 0.5) is 11.8 Å². The Bertz CT molecular complexity index is 1400. The summed E-state index contributed by atoms with van der Waals surface area (Å²) in [6.45, 7) is -0.390. The molecule has 0 bridgehead atoms. The second-order valence-corrected chi connectivity index (χ2v) is 6.91. The topological polar surface area (TPSA) is 237 Å². The van der Waals surface area contributed by atoms with E-state index in [0.717, 1.165) is 5.39 Å². The van der Waals surface area contributed by atoms with E-state index in [1.54, 1.807) is 6.20 Å². The lowest BCUT2D eigenvalue weighted by molar-refractivity contribution is -0.0511. The van der Waals surface area contributed by atoms with E-state index in [-0.39, 0.29) is 5.82 Å². The molecule has 1 fully saturated rings. The summed E-state index contributed by atoms with van der Waals surface area (Å²) in [4.78, 5) is 20.0. The molecule has 0 amide bonds. The summed E-state index contributed by atoms with van der Waals surface area (Å²) in [5.41, 5.74) is 13.4. The predicted octanol–water partition coefficient (Wildman–Crippen LogP) is -2.40. The maximum Gasteiger partial charge on any atom is 0.225 e. The van der Waals surface area contributed by atoms with Crippen LogP contribution in [0.1, 0.15) is 6.23 Å². The van der Waals surface area contributed by atoms with Gasteiger partial charge in [0.1, 0.15) is 36.5 Å². The second kappa shape index (κ2) is 7.61. The van der Waals surface area contributed by atoms with Crippen LogP contribution in [0.15, 0.2) is 25.2 Å². The van der Waals surface area contributed by atoms with Crippen LogP contribution in [-0.2, 0) is 4.74 Å². The lowest BCUT2D eigenvalue weighted by Crippen LogP contribution is -2.33. The van der Waals surface area contributed by atoms with Crippen LogP contribution in [0.5, 0.6) is 0 Å². The van der Waals surface area contributed by atoms with Crippen molar-refractivity contribution in [2.45, 2.75) is 24.5 Å². The third-order valence-corrected chi connectivity index (χ3v) is 5.03. The molecule has 0 spiro atoms. The van der Waals surface area contributed by atoms with Gasteiger partial charge in [-0.15, -0.1) is 0 Å². The normalized spacial score (nSPS) is 23.1.